The smallest absolute Gasteiger partial charge is 0.227 e. The molecular formula is C19H23ClN2O3. The number of carbonyl (C=O) groups is 2. The lowest BCUT2D eigenvalue weighted by Crippen LogP contribution is -2.45. The first-order chi connectivity index (χ1) is 12.1. The minimum Gasteiger partial charge on any atom is -0.489 e. The van der Waals surface area contributed by atoms with Crippen molar-refractivity contribution in [3.05, 3.63) is 29.3 Å². The standard InChI is InChI=1S/C19H23ClN2O3/c20-16-3-1-2-4-17(16)25-15-7-9-21(10-8-15)19(24)13-11-18(23)22(12-13)14-5-6-14/h1-4,13-15H,5-12H2/t13-/m1/s1. The number of likely N-dealkylation sites (tertiary alicyclic amines) is 2. The fraction of sp³-hybridized carbons (Fsp3) is 0.579. The van der Waals surface area contributed by atoms with E-state index in [-0.39, 0.29) is 23.8 Å². The third kappa shape index (κ3) is 3.61. The van der Waals surface area contributed by atoms with Crippen molar-refractivity contribution < 1.29 is 14.3 Å². The van der Waals surface area contributed by atoms with Crippen LogP contribution in [-0.2, 0) is 9.59 Å². The molecule has 4 rings (SSSR count). The molecule has 0 bridgehead atoms. The van der Waals surface area contributed by atoms with Crippen LogP contribution in [0.4, 0.5) is 0 Å². The number of hydrogen-bond acceptors (Lipinski definition) is 3. The highest BCUT2D eigenvalue weighted by Crippen LogP contribution is 2.33. The Balaban J connectivity index is 1.29. The summed E-state index contributed by atoms with van der Waals surface area (Å²) in [5.74, 6) is 0.829. The highest BCUT2D eigenvalue weighted by Gasteiger charge is 2.43. The van der Waals surface area contributed by atoms with Crippen LogP contribution in [-0.4, -0.2) is 53.4 Å². The van der Waals surface area contributed by atoms with Crippen LogP contribution in [0.3, 0.4) is 0 Å². The van der Waals surface area contributed by atoms with Crippen molar-refractivity contribution in [1.82, 2.24) is 9.80 Å². The second-order valence-electron chi connectivity index (χ2n) is 7.25. The molecule has 0 radical (unpaired) electrons. The van der Waals surface area contributed by atoms with E-state index < -0.39 is 0 Å². The van der Waals surface area contributed by atoms with Gasteiger partial charge < -0.3 is 14.5 Å². The second-order valence-corrected chi connectivity index (χ2v) is 7.66. The molecule has 1 saturated carbocycles. The second kappa shape index (κ2) is 6.87. The van der Waals surface area contributed by atoms with Crippen LogP contribution >= 0.6 is 11.6 Å². The Morgan fingerprint density at radius 1 is 1.12 bits per heavy atom. The molecule has 134 valence electrons. The molecule has 1 aliphatic carbocycles. The lowest BCUT2D eigenvalue weighted by Gasteiger charge is -2.33. The molecule has 0 unspecified atom stereocenters. The molecule has 2 amide bonds. The van der Waals surface area contributed by atoms with Gasteiger partial charge in [0.1, 0.15) is 11.9 Å². The summed E-state index contributed by atoms with van der Waals surface area (Å²) in [7, 11) is 0. The molecule has 2 saturated heterocycles. The van der Waals surface area contributed by atoms with Gasteiger partial charge in [-0.05, 0) is 25.0 Å². The average molecular weight is 363 g/mol. The fourth-order valence-electron chi connectivity index (χ4n) is 3.81. The maximum Gasteiger partial charge on any atom is 0.227 e. The number of amides is 2. The molecule has 0 spiro atoms. The number of benzene rings is 1. The number of ether oxygens (including phenoxy) is 1. The molecule has 6 heteroatoms. The first kappa shape index (κ1) is 16.7. The molecule has 3 aliphatic rings. The number of carbonyl (C=O) groups excluding carboxylic acids is 2. The molecule has 2 heterocycles. The fourth-order valence-corrected chi connectivity index (χ4v) is 3.99. The summed E-state index contributed by atoms with van der Waals surface area (Å²) >= 11 is 6.14. The predicted octanol–water partition coefficient (Wildman–Crippen LogP) is 2.72. The lowest BCUT2D eigenvalue weighted by atomic mass is 10.0. The highest BCUT2D eigenvalue weighted by molar-refractivity contribution is 6.32. The van der Waals surface area contributed by atoms with Crippen LogP contribution < -0.4 is 4.74 Å². The van der Waals surface area contributed by atoms with E-state index in [0.29, 0.717) is 42.9 Å². The Morgan fingerprint density at radius 2 is 1.84 bits per heavy atom. The molecule has 1 aromatic rings. The zero-order valence-electron chi connectivity index (χ0n) is 14.2. The van der Waals surface area contributed by atoms with Gasteiger partial charge in [0.05, 0.1) is 10.9 Å². The summed E-state index contributed by atoms with van der Waals surface area (Å²) in [5, 5.41) is 0.616. The minimum atomic E-state index is -0.158. The summed E-state index contributed by atoms with van der Waals surface area (Å²) in [6.45, 7) is 1.97. The van der Waals surface area contributed by atoms with Crippen molar-refractivity contribution in [2.75, 3.05) is 19.6 Å². The topological polar surface area (TPSA) is 49.9 Å². The highest BCUT2D eigenvalue weighted by atomic mass is 35.5. The largest absolute Gasteiger partial charge is 0.489 e. The monoisotopic (exact) mass is 362 g/mol. The number of piperidine rings is 1. The zero-order valence-corrected chi connectivity index (χ0v) is 15.0. The predicted molar refractivity (Wildman–Crippen MR) is 94.5 cm³/mol. The Bertz CT molecular complexity index is 668. The summed E-state index contributed by atoms with van der Waals surface area (Å²) < 4.78 is 5.98. The van der Waals surface area contributed by atoms with Gasteiger partial charge in [-0.3, -0.25) is 9.59 Å². The van der Waals surface area contributed by atoms with Gasteiger partial charge in [-0.15, -0.1) is 0 Å². The Kier molecular flexibility index (Phi) is 4.59. The van der Waals surface area contributed by atoms with Crippen LogP contribution in [0.25, 0.3) is 0 Å². The van der Waals surface area contributed by atoms with Crippen LogP contribution in [0.1, 0.15) is 32.1 Å². The Labute approximate surface area is 152 Å². The van der Waals surface area contributed by atoms with Gasteiger partial charge in [0, 0.05) is 44.9 Å². The molecule has 1 atom stereocenters. The van der Waals surface area contributed by atoms with E-state index in [4.69, 9.17) is 16.3 Å². The van der Waals surface area contributed by atoms with E-state index >= 15 is 0 Å². The van der Waals surface area contributed by atoms with Crippen LogP contribution in [0.5, 0.6) is 5.75 Å². The van der Waals surface area contributed by atoms with Crippen molar-refractivity contribution in [3.8, 4) is 5.75 Å². The van der Waals surface area contributed by atoms with Gasteiger partial charge in [-0.1, -0.05) is 23.7 Å². The zero-order chi connectivity index (χ0) is 17.4. The Hall–Kier alpha value is -1.75. The van der Waals surface area contributed by atoms with E-state index in [0.717, 1.165) is 25.7 Å². The SMILES string of the molecule is O=C([C@@H]1CC(=O)N(C2CC2)C1)N1CCC(Oc2ccccc2Cl)CC1. The summed E-state index contributed by atoms with van der Waals surface area (Å²) in [4.78, 5) is 28.6. The number of rotatable bonds is 4. The molecule has 3 fully saturated rings. The van der Waals surface area contributed by atoms with Crippen LogP contribution in [0, 0.1) is 5.92 Å². The van der Waals surface area contributed by atoms with Gasteiger partial charge in [0.2, 0.25) is 11.8 Å². The van der Waals surface area contributed by atoms with E-state index in [2.05, 4.69) is 0 Å². The molecule has 5 nitrogen and oxygen atoms in total. The average Bonchev–Trinajstić information content (AvgIpc) is 3.39. The van der Waals surface area contributed by atoms with Crippen LogP contribution in [0.15, 0.2) is 24.3 Å². The van der Waals surface area contributed by atoms with Crippen LogP contribution in [0.2, 0.25) is 5.02 Å². The van der Waals surface area contributed by atoms with E-state index in [1.54, 1.807) is 0 Å². The summed E-state index contributed by atoms with van der Waals surface area (Å²) in [6, 6.07) is 7.88. The van der Waals surface area contributed by atoms with E-state index in [1.165, 1.54) is 0 Å². The van der Waals surface area contributed by atoms with Crippen molar-refractivity contribution in [2.45, 2.75) is 44.2 Å². The molecular weight excluding hydrogens is 340 g/mol. The molecule has 0 N–H and O–H groups in total. The van der Waals surface area contributed by atoms with E-state index in [1.807, 2.05) is 34.1 Å². The molecule has 2 aliphatic heterocycles. The van der Waals surface area contributed by atoms with Crippen molar-refractivity contribution >= 4 is 23.4 Å². The third-order valence-electron chi connectivity index (χ3n) is 5.38. The number of nitrogens with zero attached hydrogens (tertiary/aromatic N) is 2. The normalized spacial score (nSPS) is 24.7. The van der Waals surface area contributed by atoms with Gasteiger partial charge in [-0.25, -0.2) is 0 Å². The number of halogens is 1. The first-order valence-corrected chi connectivity index (χ1v) is 9.49. The van der Waals surface area contributed by atoms with Gasteiger partial charge in [-0.2, -0.15) is 0 Å². The first-order valence-electron chi connectivity index (χ1n) is 9.11. The molecule has 25 heavy (non-hydrogen) atoms. The number of para-hydroxylation sites is 1. The minimum absolute atomic E-state index is 0.0807. The maximum atomic E-state index is 12.7. The third-order valence-corrected chi connectivity index (χ3v) is 5.69. The van der Waals surface area contributed by atoms with Crippen molar-refractivity contribution in [1.29, 1.82) is 0 Å². The van der Waals surface area contributed by atoms with Gasteiger partial charge >= 0.3 is 0 Å². The Morgan fingerprint density at radius 3 is 2.52 bits per heavy atom. The summed E-state index contributed by atoms with van der Waals surface area (Å²) in [6.07, 6.45) is 4.24. The van der Waals surface area contributed by atoms with Crippen molar-refractivity contribution in [3.63, 3.8) is 0 Å². The number of hydrogen-bond donors (Lipinski definition) is 0. The quantitative estimate of drug-likeness (QED) is 0.827. The van der Waals surface area contributed by atoms with E-state index in [9.17, 15) is 9.59 Å². The maximum absolute atomic E-state index is 12.7. The van der Waals surface area contributed by atoms with Gasteiger partial charge in [0.25, 0.3) is 0 Å². The summed E-state index contributed by atoms with van der Waals surface area (Å²) in [5.41, 5.74) is 0. The van der Waals surface area contributed by atoms with Gasteiger partial charge in [0.15, 0.2) is 0 Å². The molecule has 1 aromatic carbocycles. The van der Waals surface area contributed by atoms with Crippen molar-refractivity contribution in [2.24, 2.45) is 5.92 Å². The molecule has 0 aromatic heterocycles. The lowest BCUT2D eigenvalue weighted by molar-refractivity contribution is -0.137.